The Bertz CT molecular complexity index is 1150. The van der Waals surface area contributed by atoms with Crippen LogP contribution in [0.5, 0.6) is 5.75 Å². The van der Waals surface area contributed by atoms with Crippen LogP contribution in [0.1, 0.15) is 21.4 Å². The summed E-state index contributed by atoms with van der Waals surface area (Å²) in [6.45, 7) is 2.00. The smallest absolute Gasteiger partial charge is 0.273 e. The van der Waals surface area contributed by atoms with E-state index in [0.717, 1.165) is 20.6 Å². The molecule has 1 atom stereocenters. The molecule has 27 heavy (non-hydrogen) atoms. The van der Waals surface area contributed by atoms with Crippen LogP contribution in [0.4, 0.5) is 0 Å². The molecule has 10 heteroatoms. The predicted molar refractivity (Wildman–Crippen MR) is 99.4 cm³/mol. The van der Waals surface area contributed by atoms with Crippen molar-refractivity contribution in [1.29, 1.82) is 0 Å². The lowest BCUT2D eigenvalue weighted by molar-refractivity contribution is 0.0942. The third-order valence-electron chi connectivity index (χ3n) is 3.86. The largest absolute Gasteiger partial charge is 0.484 e. The highest BCUT2D eigenvalue weighted by Crippen LogP contribution is 2.26. The molecule has 1 aromatic carbocycles. The summed E-state index contributed by atoms with van der Waals surface area (Å²) in [5, 5.41) is 4.66. The minimum Gasteiger partial charge on any atom is -0.484 e. The van der Waals surface area contributed by atoms with Gasteiger partial charge in [-0.15, -0.1) is 11.3 Å². The number of aromatic nitrogens is 2. The number of benzene rings is 1. The van der Waals surface area contributed by atoms with Crippen molar-refractivity contribution in [2.75, 3.05) is 5.75 Å². The number of carbonyl (C=O) groups is 1. The van der Waals surface area contributed by atoms with Gasteiger partial charge in [0.2, 0.25) is 5.89 Å². The Kier molecular flexibility index (Phi) is 4.44. The number of oxazole rings is 1. The average molecular weight is 405 g/mol. The average Bonchev–Trinajstić information content (AvgIpc) is 3.30. The van der Waals surface area contributed by atoms with E-state index in [1.165, 1.54) is 12.3 Å². The van der Waals surface area contributed by atoms with E-state index in [1.807, 2.05) is 25.1 Å². The maximum absolute atomic E-state index is 12.1. The van der Waals surface area contributed by atoms with Crippen LogP contribution in [0.25, 0.3) is 10.2 Å². The van der Waals surface area contributed by atoms with Crippen LogP contribution in [-0.2, 0) is 16.4 Å². The number of aryl methyl sites for hydroxylation is 1. The van der Waals surface area contributed by atoms with E-state index in [9.17, 15) is 13.2 Å². The van der Waals surface area contributed by atoms with Gasteiger partial charge in [0, 0.05) is 11.5 Å². The topological polar surface area (TPSA) is 111 Å². The summed E-state index contributed by atoms with van der Waals surface area (Å²) in [6.07, 6.45) is 2.65. The fourth-order valence-corrected chi connectivity index (χ4v) is 4.69. The number of carbonyl (C=O) groups excluding carboxylic acids is 1. The molecule has 1 aliphatic rings. The van der Waals surface area contributed by atoms with Crippen LogP contribution in [0.2, 0.25) is 0 Å². The number of amides is 1. The van der Waals surface area contributed by atoms with Gasteiger partial charge in [0.1, 0.15) is 12.0 Å². The number of hydrogen-bond donors (Lipinski definition) is 1. The van der Waals surface area contributed by atoms with Gasteiger partial charge in [-0.25, -0.2) is 18.4 Å². The number of fused-ring (bicyclic) bond motifs is 1. The van der Waals surface area contributed by atoms with Gasteiger partial charge in [-0.1, -0.05) is 0 Å². The van der Waals surface area contributed by atoms with Crippen molar-refractivity contribution in [3.05, 3.63) is 52.5 Å². The summed E-state index contributed by atoms with van der Waals surface area (Å²) in [4.78, 5) is 20.6. The molecule has 0 fully saturated rings. The molecule has 8 nitrogen and oxygen atoms in total. The highest BCUT2D eigenvalue weighted by atomic mass is 32.2. The molecule has 0 saturated carbocycles. The van der Waals surface area contributed by atoms with Crippen molar-refractivity contribution in [2.24, 2.45) is 0 Å². The Morgan fingerprint density at radius 2 is 2.26 bits per heavy atom. The Labute approximate surface area is 158 Å². The second-order valence-corrected chi connectivity index (χ2v) is 9.18. The molecule has 2 aromatic heterocycles. The number of rotatable bonds is 5. The normalized spacial score (nSPS) is 18.0. The zero-order valence-corrected chi connectivity index (χ0v) is 15.8. The molecule has 3 aromatic rings. The van der Waals surface area contributed by atoms with Gasteiger partial charge >= 0.3 is 0 Å². The summed E-state index contributed by atoms with van der Waals surface area (Å²) in [5.41, 5.74) is 0.930. The molecule has 0 aliphatic carbocycles. The molecule has 1 N–H and O–H groups in total. The number of sulfone groups is 1. The van der Waals surface area contributed by atoms with Gasteiger partial charge < -0.3 is 14.5 Å². The van der Waals surface area contributed by atoms with Crippen LogP contribution in [0, 0.1) is 6.92 Å². The molecule has 3 heterocycles. The lowest BCUT2D eigenvalue weighted by Crippen LogP contribution is -2.35. The quantitative estimate of drug-likeness (QED) is 0.693. The standard InChI is InChI=1S/C17H15N3O5S2/c1-10-18-13-6-12(2-3-15(13)26-10)24-8-16-20-14(7-25-16)17(21)19-11-4-5-27(22,23)9-11/h2-7,11H,8-9H2,1H3,(H,19,21)/t11-/m1/s1. The second-order valence-electron chi connectivity index (χ2n) is 6.02. The summed E-state index contributed by atoms with van der Waals surface area (Å²) in [6, 6.07) is 5.05. The van der Waals surface area contributed by atoms with E-state index < -0.39 is 21.8 Å². The van der Waals surface area contributed by atoms with Crippen molar-refractivity contribution in [3.63, 3.8) is 0 Å². The fraction of sp³-hybridized carbons (Fsp3) is 0.235. The summed E-state index contributed by atoms with van der Waals surface area (Å²) in [5.74, 6) is 0.212. The van der Waals surface area contributed by atoms with E-state index in [2.05, 4.69) is 15.3 Å². The van der Waals surface area contributed by atoms with E-state index in [0.29, 0.717) is 5.75 Å². The van der Waals surface area contributed by atoms with Crippen LogP contribution < -0.4 is 10.1 Å². The molecule has 0 spiro atoms. The number of ether oxygens (including phenoxy) is 1. The van der Waals surface area contributed by atoms with Crippen LogP contribution in [0.3, 0.4) is 0 Å². The highest BCUT2D eigenvalue weighted by Gasteiger charge is 2.24. The van der Waals surface area contributed by atoms with Gasteiger partial charge in [-0.2, -0.15) is 0 Å². The maximum atomic E-state index is 12.1. The molecule has 0 bridgehead atoms. The van der Waals surface area contributed by atoms with Crippen molar-refractivity contribution in [3.8, 4) is 5.75 Å². The van der Waals surface area contributed by atoms with Crippen LogP contribution in [0.15, 0.2) is 40.4 Å². The van der Waals surface area contributed by atoms with E-state index >= 15 is 0 Å². The zero-order valence-electron chi connectivity index (χ0n) is 14.2. The lowest BCUT2D eigenvalue weighted by Gasteiger charge is -2.07. The summed E-state index contributed by atoms with van der Waals surface area (Å²) in [7, 11) is -3.24. The minimum absolute atomic E-state index is 0.0552. The molecule has 0 radical (unpaired) electrons. The van der Waals surface area contributed by atoms with Crippen molar-refractivity contribution in [1.82, 2.24) is 15.3 Å². The van der Waals surface area contributed by atoms with Gasteiger partial charge in [-0.05, 0) is 25.1 Å². The highest BCUT2D eigenvalue weighted by molar-refractivity contribution is 7.94. The third kappa shape index (κ3) is 4.01. The lowest BCUT2D eigenvalue weighted by atomic mass is 10.3. The summed E-state index contributed by atoms with van der Waals surface area (Å²) >= 11 is 1.61. The second kappa shape index (κ2) is 6.78. The molecular weight excluding hydrogens is 390 g/mol. The zero-order chi connectivity index (χ0) is 19.0. The van der Waals surface area contributed by atoms with Crippen molar-refractivity contribution >= 4 is 37.3 Å². The molecule has 140 valence electrons. The molecule has 0 unspecified atom stereocenters. The molecular formula is C17H15N3O5S2. The molecule has 1 amide bonds. The third-order valence-corrected chi connectivity index (χ3v) is 6.21. The molecule has 1 aliphatic heterocycles. The maximum Gasteiger partial charge on any atom is 0.273 e. The number of nitrogens with one attached hydrogen (secondary N) is 1. The number of hydrogen-bond acceptors (Lipinski definition) is 8. The van der Waals surface area contributed by atoms with Crippen molar-refractivity contribution in [2.45, 2.75) is 19.6 Å². The van der Waals surface area contributed by atoms with E-state index in [4.69, 9.17) is 9.15 Å². The fourth-order valence-electron chi connectivity index (χ4n) is 2.65. The predicted octanol–water partition coefficient (Wildman–Crippen LogP) is 2.21. The molecule has 0 saturated heterocycles. The van der Waals surface area contributed by atoms with E-state index in [-0.39, 0.29) is 23.9 Å². The first-order chi connectivity index (χ1) is 12.9. The van der Waals surface area contributed by atoms with Crippen molar-refractivity contribution < 1.29 is 22.4 Å². The Hall–Kier alpha value is -2.72. The van der Waals surface area contributed by atoms with Gasteiger partial charge in [0.25, 0.3) is 5.91 Å². The van der Waals surface area contributed by atoms with Gasteiger partial charge in [0.15, 0.2) is 22.1 Å². The SMILES string of the molecule is Cc1nc2cc(OCc3nc(C(=O)N[C@@H]4C=CS(=O)(=O)C4)co3)ccc2s1. The van der Waals surface area contributed by atoms with Crippen LogP contribution >= 0.6 is 11.3 Å². The summed E-state index contributed by atoms with van der Waals surface area (Å²) < 4.78 is 34.7. The van der Waals surface area contributed by atoms with E-state index in [1.54, 1.807) is 11.3 Å². The Morgan fingerprint density at radius 3 is 3.04 bits per heavy atom. The Morgan fingerprint density at radius 1 is 1.41 bits per heavy atom. The number of nitrogens with zero attached hydrogens (tertiary/aromatic N) is 2. The first-order valence-electron chi connectivity index (χ1n) is 8.04. The monoisotopic (exact) mass is 405 g/mol. The first-order valence-corrected chi connectivity index (χ1v) is 10.6. The van der Waals surface area contributed by atoms with Gasteiger partial charge in [0.05, 0.1) is 27.0 Å². The van der Waals surface area contributed by atoms with Gasteiger partial charge in [-0.3, -0.25) is 4.79 Å². The first kappa shape index (κ1) is 17.7. The minimum atomic E-state index is -3.24. The van der Waals surface area contributed by atoms with Crippen LogP contribution in [-0.4, -0.2) is 36.1 Å². The number of thiazole rings is 1. The Balaban J connectivity index is 1.37. The molecule has 4 rings (SSSR count).